The first-order chi connectivity index (χ1) is 11.2. The van der Waals surface area contributed by atoms with Crippen molar-refractivity contribution in [2.75, 3.05) is 13.2 Å². The Hall–Kier alpha value is -2.29. The molecule has 0 aliphatic rings. The van der Waals surface area contributed by atoms with E-state index < -0.39 is 0 Å². The van der Waals surface area contributed by atoms with Crippen molar-refractivity contribution in [3.63, 3.8) is 0 Å². The lowest BCUT2D eigenvalue weighted by atomic mass is 10.1. The van der Waals surface area contributed by atoms with Gasteiger partial charge < -0.3 is 10.1 Å². The maximum absolute atomic E-state index is 11.8. The summed E-state index contributed by atoms with van der Waals surface area (Å²) in [5.41, 5.74) is 3.63. The van der Waals surface area contributed by atoms with Gasteiger partial charge >= 0.3 is 0 Å². The highest BCUT2D eigenvalue weighted by molar-refractivity contribution is 5.75. The van der Waals surface area contributed by atoms with E-state index >= 15 is 0 Å². The molecule has 0 spiro atoms. The first kappa shape index (κ1) is 17.1. The SMILES string of the molecule is Cc1cccc(OCCCC(=O)NCCc2ccccc2)c1C. The van der Waals surface area contributed by atoms with Crippen molar-refractivity contribution in [3.05, 3.63) is 65.2 Å². The van der Waals surface area contributed by atoms with E-state index in [1.165, 1.54) is 16.7 Å². The lowest BCUT2D eigenvalue weighted by molar-refractivity contribution is -0.121. The Balaban J connectivity index is 1.60. The normalized spacial score (nSPS) is 10.3. The van der Waals surface area contributed by atoms with Crippen molar-refractivity contribution < 1.29 is 9.53 Å². The number of rotatable bonds is 8. The summed E-state index contributed by atoms with van der Waals surface area (Å²) in [7, 11) is 0. The Morgan fingerprint density at radius 1 is 1.04 bits per heavy atom. The lowest BCUT2D eigenvalue weighted by Crippen LogP contribution is -2.25. The van der Waals surface area contributed by atoms with Gasteiger partial charge in [-0.15, -0.1) is 0 Å². The minimum Gasteiger partial charge on any atom is -0.493 e. The molecular formula is C20H25NO2. The molecule has 0 saturated heterocycles. The largest absolute Gasteiger partial charge is 0.493 e. The van der Waals surface area contributed by atoms with Gasteiger partial charge in [0.15, 0.2) is 0 Å². The van der Waals surface area contributed by atoms with Crippen molar-refractivity contribution in [2.24, 2.45) is 0 Å². The summed E-state index contributed by atoms with van der Waals surface area (Å²) in [6.07, 6.45) is 2.09. The highest BCUT2D eigenvalue weighted by Crippen LogP contribution is 2.20. The van der Waals surface area contributed by atoms with E-state index in [4.69, 9.17) is 4.74 Å². The van der Waals surface area contributed by atoms with Crippen LogP contribution >= 0.6 is 0 Å². The molecule has 3 nitrogen and oxygen atoms in total. The molecule has 0 bridgehead atoms. The predicted octanol–water partition coefficient (Wildman–Crippen LogP) is 3.82. The number of ether oxygens (including phenoxy) is 1. The topological polar surface area (TPSA) is 38.3 Å². The van der Waals surface area contributed by atoms with Crippen LogP contribution in [0.3, 0.4) is 0 Å². The average molecular weight is 311 g/mol. The van der Waals surface area contributed by atoms with Gasteiger partial charge in [-0.1, -0.05) is 42.5 Å². The van der Waals surface area contributed by atoms with E-state index in [9.17, 15) is 4.79 Å². The molecule has 2 rings (SSSR count). The number of carbonyl (C=O) groups is 1. The third-order valence-electron chi connectivity index (χ3n) is 3.94. The molecule has 0 aliphatic heterocycles. The Morgan fingerprint density at radius 3 is 2.61 bits per heavy atom. The molecule has 0 atom stereocenters. The van der Waals surface area contributed by atoms with Gasteiger partial charge in [0.05, 0.1) is 6.61 Å². The van der Waals surface area contributed by atoms with Crippen LogP contribution in [0.15, 0.2) is 48.5 Å². The number of amides is 1. The molecule has 0 radical (unpaired) electrons. The zero-order valence-corrected chi connectivity index (χ0v) is 14.0. The van der Waals surface area contributed by atoms with Crippen molar-refractivity contribution in [1.82, 2.24) is 5.32 Å². The Morgan fingerprint density at radius 2 is 1.83 bits per heavy atom. The molecule has 3 heteroatoms. The van der Waals surface area contributed by atoms with E-state index in [0.717, 1.165) is 18.6 Å². The van der Waals surface area contributed by atoms with Crippen LogP contribution in [0.4, 0.5) is 0 Å². The van der Waals surface area contributed by atoms with Crippen LogP contribution in [0.5, 0.6) is 5.75 Å². The van der Waals surface area contributed by atoms with E-state index in [2.05, 4.69) is 37.4 Å². The summed E-state index contributed by atoms with van der Waals surface area (Å²) >= 11 is 0. The predicted molar refractivity (Wildman–Crippen MR) is 93.8 cm³/mol. The minimum atomic E-state index is 0.0884. The molecule has 1 amide bonds. The third-order valence-corrected chi connectivity index (χ3v) is 3.94. The summed E-state index contributed by atoms with van der Waals surface area (Å²) in [6.45, 7) is 5.38. The Labute approximate surface area is 138 Å². The number of aryl methyl sites for hydroxylation is 1. The molecular weight excluding hydrogens is 286 g/mol. The average Bonchev–Trinajstić information content (AvgIpc) is 2.56. The second-order valence-electron chi connectivity index (χ2n) is 5.74. The van der Waals surface area contributed by atoms with E-state index in [0.29, 0.717) is 19.6 Å². The molecule has 2 aromatic rings. The summed E-state index contributed by atoms with van der Waals surface area (Å²) in [5, 5.41) is 2.96. The van der Waals surface area contributed by atoms with E-state index in [1.54, 1.807) is 0 Å². The van der Waals surface area contributed by atoms with Crippen molar-refractivity contribution >= 4 is 5.91 Å². The van der Waals surface area contributed by atoms with Crippen LogP contribution in [0.1, 0.15) is 29.5 Å². The van der Waals surface area contributed by atoms with Crippen molar-refractivity contribution in [2.45, 2.75) is 33.1 Å². The van der Waals surface area contributed by atoms with Gasteiger partial charge in [0.1, 0.15) is 5.75 Å². The molecule has 1 N–H and O–H groups in total. The lowest BCUT2D eigenvalue weighted by Gasteiger charge is -2.10. The highest BCUT2D eigenvalue weighted by Gasteiger charge is 2.04. The standard InChI is InChI=1S/C20H25NO2/c1-16-8-6-11-19(17(16)2)23-15-7-12-20(22)21-14-13-18-9-4-3-5-10-18/h3-6,8-11H,7,12-15H2,1-2H3,(H,21,22). The van der Waals surface area contributed by atoms with Gasteiger partial charge in [-0.2, -0.15) is 0 Å². The zero-order chi connectivity index (χ0) is 16.5. The Kier molecular flexibility index (Phi) is 6.67. The summed E-state index contributed by atoms with van der Waals surface area (Å²) < 4.78 is 5.76. The number of hydrogen-bond acceptors (Lipinski definition) is 2. The van der Waals surface area contributed by atoms with Gasteiger partial charge in [-0.25, -0.2) is 0 Å². The quantitative estimate of drug-likeness (QED) is 0.753. The van der Waals surface area contributed by atoms with Crippen molar-refractivity contribution in [1.29, 1.82) is 0 Å². The fraction of sp³-hybridized carbons (Fsp3) is 0.350. The van der Waals surface area contributed by atoms with Crippen molar-refractivity contribution in [3.8, 4) is 5.75 Å². The monoisotopic (exact) mass is 311 g/mol. The molecule has 0 heterocycles. The second-order valence-corrected chi connectivity index (χ2v) is 5.74. The molecule has 122 valence electrons. The van der Waals surface area contributed by atoms with E-state index in [1.807, 2.05) is 30.3 Å². The van der Waals surface area contributed by atoms with Crippen LogP contribution in [0, 0.1) is 13.8 Å². The number of carbonyl (C=O) groups excluding carboxylic acids is 1. The fourth-order valence-corrected chi connectivity index (χ4v) is 2.37. The molecule has 0 saturated carbocycles. The first-order valence-corrected chi connectivity index (χ1v) is 8.16. The number of benzene rings is 2. The molecule has 0 aromatic heterocycles. The highest BCUT2D eigenvalue weighted by atomic mass is 16.5. The second kappa shape index (κ2) is 8.99. The van der Waals surface area contributed by atoms with Crippen LogP contribution in [-0.2, 0) is 11.2 Å². The van der Waals surface area contributed by atoms with Crippen LogP contribution in [-0.4, -0.2) is 19.1 Å². The third kappa shape index (κ3) is 5.78. The summed E-state index contributed by atoms with van der Waals surface area (Å²) in [6, 6.07) is 16.2. The van der Waals surface area contributed by atoms with Gasteiger partial charge in [-0.05, 0) is 49.4 Å². The molecule has 0 fully saturated rings. The van der Waals surface area contributed by atoms with Crippen LogP contribution in [0.2, 0.25) is 0 Å². The smallest absolute Gasteiger partial charge is 0.220 e. The van der Waals surface area contributed by atoms with Crippen LogP contribution in [0.25, 0.3) is 0 Å². The van der Waals surface area contributed by atoms with E-state index in [-0.39, 0.29) is 5.91 Å². The molecule has 23 heavy (non-hydrogen) atoms. The number of nitrogens with one attached hydrogen (secondary N) is 1. The van der Waals surface area contributed by atoms with Gasteiger partial charge in [0.2, 0.25) is 5.91 Å². The molecule has 2 aromatic carbocycles. The summed E-state index contributed by atoms with van der Waals surface area (Å²) in [4.78, 5) is 11.8. The summed E-state index contributed by atoms with van der Waals surface area (Å²) in [5.74, 6) is 1.000. The van der Waals surface area contributed by atoms with Gasteiger partial charge in [0.25, 0.3) is 0 Å². The van der Waals surface area contributed by atoms with Gasteiger partial charge in [-0.3, -0.25) is 4.79 Å². The zero-order valence-electron chi connectivity index (χ0n) is 14.0. The maximum atomic E-state index is 11.8. The molecule has 0 aliphatic carbocycles. The minimum absolute atomic E-state index is 0.0884. The number of hydrogen-bond donors (Lipinski definition) is 1. The van der Waals surface area contributed by atoms with Crippen LogP contribution < -0.4 is 10.1 Å². The Bertz CT molecular complexity index is 623. The van der Waals surface area contributed by atoms with Gasteiger partial charge in [0, 0.05) is 13.0 Å². The molecule has 0 unspecified atom stereocenters. The maximum Gasteiger partial charge on any atom is 0.220 e. The fourth-order valence-electron chi connectivity index (χ4n) is 2.37. The first-order valence-electron chi connectivity index (χ1n) is 8.16.